The van der Waals surface area contributed by atoms with Crippen molar-refractivity contribution >= 4 is 23.5 Å². The minimum Gasteiger partial charge on any atom is -0.383 e. The number of nitrogens with one attached hydrogen (secondary N) is 1. The molecule has 108 valence electrons. The number of amides is 1. The summed E-state index contributed by atoms with van der Waals surface area (Å²) in [5.41, 5.74) is 6.62. The average Bonchev–Trinajstić information content (AvgIpc) is 2.47. The summed E-state index contributed by atoms with van der Waals surface area (Å²) < 4.78 is 1.34. The van der Waals surface area contributed by atoms with Crippen molar-refractivity contribution in [2.75, 3.05) is 11.1 Å². The third kappa shape index (κ3) is 4.04. The van der Waals surface area contributed by atoms with E-state index in [4.69, 9.17) is 5.73 Å². The van der Waals surface area contributed by atoms with Crippen LogP contribution in [0.3, 0.4) is 0 Å². The molecule has 0 bridgehead atoms. The van der Waals surface area contributed by atoms with E-state index >= 15 is 0 Å². The highest BCUT2D eigenvalue weighted by molar-refractivity contribution is 5.90. The number of nitrogens with zero attached hydrogens (tertiary/aromatic N) is 2. The van der Waals surface area contributed by atoms with Crippen LogP contribution in [0.25, 0.3) is 6.08 Å². The zero-order valence-corrected chi connectivity index (χ0v) is 11.5. The maximum Gasteiger partial charge on any atom is 0.349 e. The number of carbonyl (C=O) groups excluding carboxylic acids is 1. The number of nitrogens with two attached hydrogens (primary N) is 1. The van der Waals surface area contributed by atoms with Gasteiger partial charge in [-0.05, 0) is 23.8 Å². The Hall–Kier alpha value is -2.89. The first-order chi connectivity index (χ1) is 10.1. The molecule has 0 aliphatic carbocycles. The monoisotopic (exact) mass is 284 g/mol. The third-order valence-electron chi connectivity index (χ3n) is 2.91. The van der Waals surface area contributed by atoms with Gasteiger partial charge in [-0.1, -0.05) is 24.8 Å². The van der Waals surface area contributed by atoms with Crippen molar-refractivity contribution in [3.8, 4) is 0 Å². The van der Waals surface area contributed by atoms with E-state index in [1.165, 1.54) is 16.8 Å². The highest BCUT2D eigenvalue weighted by Gasteiger charge is 2.04. The van der Waals surface area contributed by atoms with Crippen LogP contribution in [0.2, 0.25) is 0 Å². The topological polar surface area (TPSA) is 90.0 Å². The molecular formula is C15H16N4O2. The molecule has 0 aliphatic rings. The quantitative estimate of drug-likeness (QED) is 0.870. The maximum atomic E-state index is 11.8. The first-order valence-corrected chi connectivity index (χ1v) is 6.44. The summed E-state index contributed by atoms with van der Waals surface area (Å²) in [6.45, 7) is 3.92. The molecule has 1 aromatic carbocycles. The van der Waals surface area contributed by atoms with Gasteiger partial charge in [-0.15, -0.1) is 0 Å². The average molecular weight is 284 g/mol. The van der Waals surface area contributed by atoms with E-state index in [1.54, 1.807) is 18.2 Å². The molecule has 0 spiro atoms. The van der Waals surface area contributed by atoms with E-state index in [9.17, 15) is 9.59 Å². The Morgan fingerprint density at radius 3 is 2.67 bits per heavy atom. The molecule has 0 saturated carbocycles. The Labute approximate surface area is 121 Å². The Morgan fingerprint density at radius 2 is 2.05 bits per heavy atom. The van der Waals surface area contributed by atoms with Gasteiger partial charge in [0, 0.05) is 24.8 Å². The van der Waals surface area contributed by atoms with Gasteiger partial charge in [-0.25, -0.2) is 4.79 Å². The minimum atomic E-state index is -0.460. The van der Waals surface area contributed by atoms with Crippen molar-refractivity contribution in [1.29, 1.82) is 0 Å². The molecule has 1 amide bonds. The summed E-state index contributed by atoms with van der Waals surface area (Å²) >= 11 is 0. The Morgan fingerprint density at radius 1 is 1.33 bits per heavy atom. The summed E-state index contributed by atoms with van der Waals surface area (Å²) in [5, 5.41) is 2.76. The van der Waals surface area contributed by atoms with Crippen LogP contribution in [0.5, 0.6) is 0 Å². The van der Waals surface area contributed by atoms with Crippen molar-refractivity contribution in [3.05, 3.63) is 59.2 Å². The van der Waals surface area contributed by atoms with Gasteiger partial charge in [0.05, 0.1) is 0 Å². The SMILES string of the molecule is C=Cc1ccc(NC(=O)CCn2ccc(N)nc2=O)cc1. The number of benzene rings is 1. The van der Waals surface area contributed by atoms with Crippen molar-refractivity contribution < 1.29 is 4.79 Å². The van der Waals surface area contributed by atoms with Crippen LogP contribution < -0.4 is 16.7 Å². The van der Waals surface area contributed by atoms with Crippen LogP contribution in [0, 0.1) is 0 Å². The van der Waals surface area contributed by atoms with Gasteiger partial charge in [0.2, 0.25) is 5.91 Å². The van der Waals surface area contributed by atoms with Crippen LogP contribution in [-0.4, -0.2) is 15.5 Å². The molecular weight excluding hydrogens is 268 g/mol. The molecule has 2 aromatic rings. The number of hydrogen-bond donors (Lipinski definition) is 2. The predicted octanol–water partition coefficient (Wildman–Crippen LogP) is 1.50. The molecule has 6 nitrogen and oxygen atoms in total. The van der Waals surface area contributed by atoms with Gasteiger partial charge in [0.15, 0.2) is 0 Å². The zero-order valence-electron chi connectivity index (χ0n) is 11.5. The lowest BCUT2D eigenvalue weighted by molar-refractivity contribution is -0.116. The molecule has 0 radical (unpaired) electrons. The number of anilines is 2. The van der Waals surface area contributed by atoms with Gasteiger partial charge < -0.3 is 11.1 Å². The number of rotatable bonds is 5. The van der Waals surface area contributed by atoms with Gasteiger partial charge in [0.25, 0.3) is 0 Å². The highest BCUT2D eigenvalue weighted by Crippen LogP contribution is 2.10. The van der Waals surface area contributed by atoms with E-state index in [2.05, 4.69) is 16.9 Å². The van der Waals surface area contributed by atoms with Crippen molar-refractivity contribution in [3.63, 3.8) is 0 Å². The number of aryl methyl sites for hydroxylation is 1. The standard InChI is InChI=1S/C15H16N4O2/c1-2-11-3-5-12(6-4-11)17-14(20)8-10-19-9-7-13(16)18-15(19)21/h2-7,9H,1,8,10H2,(H,17,20)(H2,16,18,21). The van der Waals surface area contributed by atoms with Crippen LogP contribution in [-0.2, 0) is 11.3 Å². The molecule has 21 heavy (non-hydrogen) atoms. The Kier molecular flexibility index (Phi) is 4.50. The summed E-state index contributed by atoms with van der Waals surface area (Å²) in [7, 11) is 0. The fourth-order valence-corrected chi connectivity index (χ4v) is 1.76. The van der Waals surface area contributed by atoms with E-state index < -0.39 is 5.69 Å². The maximum absolute atomic E-state index is 11.8. The Bertz CT molecular complexity index is 704. The molecule has 6 heteroatoms. The minimum absolute atomic E-state index is 0.169. The molecule has 2 rings (SSSR count). The van der Waals surface area contributed by atoms with Gasteiger partial charge in [0.1, 0.15) is 5.82 Å². The molecule has 0 aliphatic heterocycles. The molecule has 1 heterocycles. The molecule has 0 unspecified atom stereocenters. The largest absolute Gasteiger partial charge is 0.383 e. The summed E-state index contributed by atoms with van der Waals surface area (Å²) in [6.07, 6.45) is 3.43. The van der Waals surface area contributed by atoms with Gasteiger partial charge in [-0.2, -0.15) is 4.98 Å². The number of aromatic nitrogens is 2. The summed E-state index contributed by atoms with van der Waals surface area (Å²) in [6, 6.07) is 8.83. The van der Waals surface area contributed by atoms with E-state index in [1.807, 2.05) is 12.1 Å². The lowest BCUT2D eigenvalue weighted by Gasteiger charge is -2.07. The molecule has 0 atom stereocenters. The molecule has 1 aromatic heterocycles. The second-order valence-corrected chi connectivity index (χ2v) is 4.45. The fraction of sp³-hybridized carbons (Fsp3) is 0.133. The normalized spacial score (nSPS) is 10.1. The van der Waals surface area contributed by atoms with Crippen molar-refractivity contribution in [1.82, 2.24) is 9.55 Å². The van der Waals surface area contributed by atoms with Crippen molar-refractivity contribution in [2.24, 2.45) is 0 Å². The van der Waals surface area contributed by atoms with Crippen LogP contribution in [0.15, 0.2) is 47.9 Å². The van der Waals surface area contributed by atoms with Gasteiger partial charge >= 0.3 is 5.69 Å². The molecule has 0 saturated heterocycles. The van der Waals surface area contributed by atoms with Crippen LogP contribution >= 0.6 is 0 Å². The lowest BCUT2D eigenvalue weighted by Crippen LogP contribution is -2.25. The molecule has 3 N–H and O–H groups in total. The lowest BCUT2D eigenvalue weighted by atomic mass is 10.2. The smallest absolute Gasteiger partial charge is 0.349 e. The van der Waals surface area contributed by atoms with E-state index in [0.29, 0.717) is 5.69 Å². The van der Waals surface area contributed by atoms with Gasteiger partial charge in [-0.3, -0.25) is 9.36 Å². The van der Waals surface area contributed by atoms with Crippen molar-refractivity contribution in [2.45, 2.75) is 13.0 Å². The second kappa shape index (κ2) is 6.51. The summed E-state index contributed by atoms with van der Waals surface area (Å²) in [4.78, 5) is 26.9. The zero-order chi connectivity index (χ0) is 15.2. The third-order valence-corrected chi connectivity index (χ3v) is 2.91. The number of nitrogen functional groups attached to an aromatic ring is 1. The number of hydrogen-bond acceptors (Lipinski definition) is 4. The number of carbonyl (C=O) groups is 1. The summed E-state index contributed by atoms with van der Waals surface area (Å²) in [5.74, 6) is -0.00640. The first-order valence-electron chi connectivity index (χ1n) is 6.44. The molecule has 0 fully saturated rings. The van der Waals surface area contributed by atoms with E-state index in [0.717, 1.165) is 5.56 Å². The first kappa shape index (κ1) is 14.5. The predicted molar refractivity (Wildman–Crippen MR) is 82.7 cm³/mol. The second-order valence-electron chi connectivity index (χ2n) is 4.45. The fourth-order valence-electron chi connectivity index (χ4n) is 1.76. The highest BCUT2D eigenvalue weighted by atomic mass is 16.2. The Balaban J connectivity index is 1.92. The van der Waals surface area contributed by atoms with Crippen LogP contribution in [0.1, 0.15) is 12.0 Å². The van der Waals surface area contributed by atoms with E-state index in [-0.39, 0.29) is 24.7 Å². The van der Waals surface area contributed by atoms with Crippen LogP contribution in [0.4, 0.5) is 11.5 Å².